The lowest BCUT2D eigenvalue weighted by atomic mass is 10.1. The fourth-order valence-corrected chi connectivity index (χ4v) is 1.21. The van der Waals surface area contributed by atoms with Gasteiger partial charge in [0.2, 0.25) is 0 Å². The lowest BCUT2D eigenvalue weighted by Crippen LogP contribution is -2.43. The molecule has 1 fully saturated rings. The minimum atomic E-state index is -4.27. The summed E-state index contributed by atoms with van der Waals surface area (Å²) in [5.41, 5.74) is 0. The lowest BCUT2D eigenvalue weighted by molar-refractivity contribution is -0.310. The molecule has 0 aliphatic carbocycles. The number of hydrogen-bond donors (Lipinski definition) is 0. The fraction of sp³-hybridized carbons (Fsp3) is 1.00. The normalized spacial score (nSPS) is 38.2. The van der Waals surface area contributed by atoms with Gasteiger partial charge in [-0.1, -0.05) is 0 Å². The summed E-state index contributed by atoms with van der Waals surface area (Å²) in [6, 6.07) is 0. The second kappa shape index (κ2) is 3.22. The van der Waals surface area contributed by atoms with Crippen molar-refractivity contribution in [1.82, 2.24) is 0 Å². The van der Waals surface area contributed by atoms with E-state index in [0.717, 1.165) is 0 Å². The molecule has 2 nitrogen and oxygen atoms in total. The molecule has 5 heteroatoms. The number of rotatable bonds is 0. The van der Waals surface area contributed by atoms with E-state index in [9.17, 15) is 13.2 Å². The topological polar surface area (TPSA) is 18.5 Å². The minimum absolute atomic E-state index is 0.117. The van der Waals surface area contributed by atoms with Gasteiger partial charge in [-0.2, -0.15) is 13.2 Å². The highest BCUT2D eigenvalue weighted by Gasteiger charge is 2.44. The molecule has 0 N–H and O–H groups in total. The van der Waals surface area contributed by atoms with E-state index >= 15 is 0 Å². The minimum Gasteiger partial charge on any atom is -0.350 e. The summed E-state index contributed by atoms with van der Waals surface area (Å²) >= 11 is 0. The van der Waals surface area contributed by atoms with Crippen LogP contribution in [0.1, 0.15) is 20.3 Å². The van der Waals surface area contributed by atoms with E-state index in [1.54, 1.807) is 6.92 Å². The van der Waals surface area contributed by atoms with Crippen molar-refractivity contribution < 1.29 is 22.6 Å². The van der Waals surface area contributed by atoms with Crippen LogP contribution in [0.2, 0.25) is 0 Å². The number of halogens is 3. The Morgan fingerprint density at radius 1 is 1.17 bits per heavy atom. The molecule has 72 valence electrons. The van der Waals surface area contributed by atoms with Gasteiger partial charge in [-0.15, -0.1) is 0 Å². The average Bonchev–Trinajstić information content (AvgIpc) is 1.82. The Hall–Kier alpha value is -0.290. The van der Waals surface area contributed by atoms with Crippen LogP contribution in [0.4, 0.5) is 13.2 Å². The summed E-state index contributed by atoms with van der Waals surface area (Å²) in [6.45, 7) is 3.08. The summed E-state index contributed by atoms with van der Waals surface area (Å²) in [6.07, 6.45) is -7.21. The highest BCUT2D eigenvalue weighted by atomic mass is 19.4. The van der Waals surface area contributed by atoms with Crippen LogP contribution in [0.25, 0.3) is 0 Å². The summed E-state index contributed by atoms with van der Waals surface area (Å²) in [4.78, 5) is 0. The van der Waals surface area contributed by atoms with Crippen molar-refractivity contribution in [3.63, 3.8) is 0 Å². The van der Waals surface area contributed by atoms with E-state index in [2.05, 4.69) is 4.74 Å². The van der Waals surface area contributed by atoms with Gasteiger partial charge in [-0.3, -0.25) is 0 Å². The molecule has 0 spiro atoms. The standard InChI is InChI=1S/C7H11F3O2/c1-4-3-6(7(8,9)10)12-5(2)11-4/h4-6H,3H2,1-2H3/t4-,5+,6+/m0/s1. The first kappa shape index (κ1) is 9.80. The molecule has 0 aromatic rings. The van der Waals surface area contributed by atoms with Crippen LogP contribution in [0.15, 0.2) is 0 Å². The Balaban J connectivity index is 2.55. The van der Waals surface area contributed by atoms with Crippen LogP contribution in [-0.2, 0) is 9.47 Å². The van der Waals surface area contributed by atoms with Crippen molar-refractivity contribution >= 4 is 0 Å². The van der Waals surface area contributed by atoms with Crippen LogP contribution in [0.5, 0.6) is 0 Å². The van der Waals surface area contributed by atoms with E-state index < -0.39 is 18.6 Å². The Morgan fingerprint density at radius 2 is 1.75 bits per heavy atom. The molecular weight excluding hydrogens is 173 g/mol. The van der Waals surface area contributed by atoms with Gasteiger partial charge in [0, 0.05) is 6.42 Å². The van der Waals surface area contributed by atoms with Gasteiger partial charge < -0.3 is 9.47 Å². The Morgan fingerprint density at radius 3 is 2.17 bits per heavy atom. The van der Waals surface area contributed by atoms with E-state index in [1.807, 2.05) is 0 Å². The van der Waals surface area contributed by atoms with E-state index in [1.165, 1.54) is 6.92 Å². The van der Waals surface area contributed by atoms with Gasteiger partial charge in [0.15, 0.2) is 12.4 Å². The molecular formula is C7H11F3O2. The van der Waals surface area contributed by atoms with E-state index in [4.69, 9.17) is 4.74 Å². The zero-order valence-electron chi connectivity index (χ0n) is 6.89. The first-order valence-corrected chi connectivity index (χ1v) is 3.77. The molecule has 3 atom stereocenters. The highest BCUT2D eigenvalue weighted by Crippen LogP contribution is 2.31. The third-order valence-corrected chi connectivity index (χ3v) is 1.69. The number of alkyl halides is 3. The summed E-state index contributed by atoms with van der Waals surface area (Å²) < 4.78 is 45.9. The van der Waals surface area contributed by atoms with Crippen LogP contribution in [0, 0.1) is 0 Å². The van der Waals surface area contributed by atoms with Crippen LogP contribution < -0.4 is 0 Å². The smallest absolute Gasteiger partial charge is 0.350 e. The van der Waals surface area contributed by atoms with Crippen molar-refractivity contribution in [3.8, 4) is 0 Å². The van der Waals surface area contributed by atoms with Crippen molar-refractivity contribution in [1.29, 1.82) is 0 Å². The molecule has 1 heterocycles. The molecule has 1 aliphatic heterocycles. The zero-order valence-corrected chi connectivity index (χ0v) is 6.89. The van der Waals surface area contributed by atoms with Gasteiger partial charge in [0.1, 0.15) is 0 Å². The second-order valence-electron chi connectivity index (χ2n) is 2.92. The molecule has 0 bridgehead atoms. The van der Waals surface area contributed by atoms with Gasteiger partial charge in [-0.25, -0.2) is 0 Å². The fourth-order valence-electron chi connectivity index (χ4n) is 1.21. The molecule has 1 rings (SSSR count). The van der Waals surface area contributed by atoms with Crippen LogP contribution in [-0.4, -0.2) is 24.7 Å². The monoisotopic (exact) mass is 184 g/mol. The summed E-state index contributed by atoms with van der Waals surface area (Å²) in [5, 5.41) is 0. The predicted octanol–water partition coefficient (Wildman–Crippen LogP) is 2.09. The number of hydrogen-bond acceptors (Lipinski definition) is 2. The maximum Gasteiger partial charge on any atom is 0.414 e. The van der Waals surface area contributed by atoms with Crippen molar-refractivity contribution in [2.75, 3.05) is 0 Å². The maximum atomic E-state index is 12.1. The van der Waals surface area contributed by atoms with Crippen molar-refractivity contribution in [2.24, 2.45) is 0 Å². The first-order chi connectivity index (χ1) is 5.39. The summed E-state index contributed by atoms with van der Waals surface area (Å²) in [5.74, 6) is 0. The predicted molar refractivity (Wildman–Crippen MR) is 35.6 cm³/mol. The van der Waals surface area contributed by atoms with Crippen molar-refractivity contribution in [3.05, 3.63) is 0 Å². The van der Waals surface area contributed by atoms with E-state index in [0.29, 0.717) is 0 Å². The highest BCUT2D eigenvalue weighted by molar-refractivity contribution is 4.74. The maximum absolute atomic E-state index is 12.1. The Bertz CT molecular complexity index is 147. The SMILES string of the molecule is C[C@@H]1O[C@@H](C)C[C@H](C(F)(F)F)O1. The quantitative estimate of drug-likeness (QED) is 0.573. The second-order valence-corrected chi connectivity index (χ2v) is 2.92. The first-order valence-electron chi connectivity index (χ1n) is 3.77. The molecule has 0 aromatic heterocycles. The number of ether oxygens (including phenoxy) is 2. The van der Waals surface area contributed by atoms with E-state index in [-0.39, 0.29) is 12.5 Å². The molecule has 0 radical (unpaired) electrons. The van der Waals surface area contributed by atoms with Crippen LogP contribution >= 0.6 is 0 Å². The molecule has 0 amide bonds. The molecule has 1 aliphatic rings. The van der Waals surface area contributed by atoms with Gasteiger partial charge in [0.05, 0.1) is 6.10 Å². The zero-order chi connectivity index (χ0) is 9.35. The van der Waals surface area contributed by atoms with Crippen molar-refractivity contribution in [2.45, 2.75) is 44.9 Å². The molecule has 0 aromatic carbocycles. The molecule has 0 saturated carbocycles. The van der Waals surface area contributed by atoms with Gasteiger partial charge >= 0.3 is 6.18 Å². The third kappa shape index (κ3) is 2.35. The van der Waals surface area contributed by atoms with Gasteiger partial charge in [0.25, 0.3) is 0 Å². The molecule has 12 heavy (non-hydrogen) atoms. The lowest BCUT2D eigenvalue weighted by Gasteiger charge is -2.33. The largest absolute Gasteiger partial charge is 0.414 e. The average molecular weight is 184 g/mol. The molecule has 1 saturated heterocycles. The molecule has 0 unspecified atom stereocenters. The van der Waals surface area contributed by atoms with Gasteiger partial charge in [-0.05, 0) is 13.8 Å². The third-order valence-electron chi connectivity index (χ3n) is 1.69. The Kier molecular flexibility index (Phi) is 2.63. The summed E-state index contributed by atoms with van der Waals surface area (Å²) in [7, 11) is 0. The van der Waals surface area contributed by atoms with Crippen LogP contribution in [0.3, 0.4) is 0 Å². The Labute approximate surface area is 68.6 Å².